The van der Waals surface area contributed by atoms with E-state index in [2.05, 4.69) is 0 Å². The van der Waals surface area contributed by atoms with Crippen molar-refractivity contribution in [2.75, 3.05) is 18.7 Å². The van der Waals surface area contributed by atoms with Crippen LogP contribution in [-0.4, -0.2) is 60.5 Å². The number of esters is 2. The molecular weight excluding hydrogens is 320 g/mol. The normalized spacial score (nSPS) is 32.5. The molecule has 1 aliphatic rings. The zero-order valence-electron chi connectivity index (χ0n) is 12.5. The summed E-state index contributed by atoms with van der Waals surface area (Å²) in [4.78, 5) is 22.8. The van der Waals surface area contributed by atoms with Crippen LogP contribution < -0.4 is 0 Å². The Bertz CT molecular complexity index is 367. The summed E-state index contributed by atoms with van der Waals surface area (Å²) in [5, 5.41) is 0. The van der Waals surface area contributed by atoms with E-state index in [1.807, 2.05) is 6.92 Å². The number of thioether (sulfide) groups is 1. The summed E-state index contributed by atoms with van der Waals surface area (Å²) >= 11 is 7.03. The standard InChI is InChI=1S/C13H21ClO6S/c1-5-21-13-12(17-4)11(20-9(16)6-14)10(7(2)18-13)19-8(3)15/h7,10-13H,5-6H2,1-4H3/t7-,10+,11+,12-,13+/m0/s1. The van der Waals surface area contributed by atoms with Gasteiger partial charge in [-0.1, -0.05) is 6.92 Å². The second-order valence-electron chi connectivity index (χ2n) is 4.53. The molecule has 1 fully saturated rings. The van der Waals surface area contributed by atoms with Gasteiger partial charge in [-0.3, -0.25) is 9.59 Å². The van der Waals surface area contributed by atoms with Gasteiger partial charge < -0.3 is 18.9 Å². The maximum Gasteiger partial charge on any atom is 0.321 e. The van der Waals surface area contributed by atoms with Gasteiger partial charge in [0.15, 0.2) is 12.2 Å². The van der Waals surface area contributed by atoms with Gasteiger partial charge in [0, 0.05) is 14.0 Å². The number of hydrogen-bond acceptors (Lipinski definition) is 7. The summed E-state index contributed by atoms with van der Waals surface area (Å²) in [6.45, 7) is 5.05. The SMILES string of the molecule is CCS[C@H]1O[C@@H](C)[C@@H](OC(C)=O)[C@@H](OC(=O)CCl)[C@@H]1OC. The molecule has 1 heterocycles. The largest absolute Gasteiger partial charge is 0.456 e. The van der Waals surface area contributed by atoms with Gasteiger partial charge in [-0.25, -0.2) is 0 Å². The number of methoxy groups -OCH3 is 1. The molecule has 0 radical (unpaired) electrons. The first kappa shape index (κ1) is 18.5. The first-order valence-electron chi connectivity index (χ1n) is 6.67. The van der Waals surface area contributed by atoms with E-state index in [0.717, 1.165) is 5.75 Å². The first-order valence-corrected chi connectivity index (χ1v) is 8.25. The second kappa shape index (κ2) is 8.82. The Balaban J connectivity index is 2.99. The maximum absolute atomic E-state index is 11.5. The topological polar surface area (TPSA) is 71.1 Å². The van der Waals surface area contributed by atoms with Crippen LogP contribution in [0.25, 0.3) is 0 Å². The van der Waals surface area contributed by atoms with Gasteiger partial charge in [-0.05, 0) is 12.7 Å². The van der Waals surface area contributed by atoms with Gasteiger partial charge in [0.25, 0.3) is 0 Å². The van der Waals surface area contributed by atoms with Gasteiger partial charge in [0.1, 0.15) is 17.4 Å². The number of ether oxygens (including phenoxy) is 4. The molecule has 5 atom stereocenters. The summed E-state index contributed by atoms with van der Waals surface area (Å²) in [5.74, 6) is -0.527. The Morgan fingerprint density at radius 1 is 1.24 bits per heavy atom. The quantitative estimate of drug-likeness (QED) is 0.537. The highest BCUT2D eigenvalue weighted by atomic mass is 35.5. The fraction of sp³-hybridized carbons (Fsp3) is 0.846. The molecule has 0 unspecified atom stereocenters. The lowest BCUT2D eigenvalue weighted by Gasteiger charge is -2.43. The Labute approximate surface area is 133 Å². The maximum atomic E-state index is 11.5. The Morgan fingerprint density at radius 3 is 2.38 bits per heavy atom. The number of rotatable bonds is 6. The predicted octanol–water partition coefficient (Wildman–Crippen LogP) is 1.58. The predicted molar refractivity (Wildman–Crippen MR) is 79.4 cm³/mol. The van der Waals surface area contributed by atoms with E-state index in [1.54, 1.807) is 6.92 Å². The van der Waals surface area contributed by atoms with E-state index in [-0.39, 0.29) is 11.3 Å². The van der Waals surface area contributed by atoms with Crippen LogP contribution in [0.5, 0.6) is 0 Å². The highest BCUT2D eigenvalue weighted by Crippen LogP contribution is 2.33. The van der Waals surface area contributed by atoms with Crippen LogP contribution in [-0.2, 0) is 28.5 Å². The molecule has 1 rings (SSSR count). The van der Waals surface area contributed by atoms with Gasteiger partial charge in [-0.2, -0.15) is 0 Å². The molecule has 0 aromatic heterocycles. The van der Waals surface area contributed by atoms with E-state index >= 15 is 0 Å². The minimum Gasteiger partial charge on any atom is -0.456 e. The van der Waals surface area contributed by atoms with Crippen molar-refractivity contribution in [1.29, 1.82) is 0 Å². The zero-order chi connectivity index (χ0) is 16.0. The van der Waals surface area contributed by atoms with E-state index in [9.17, 15) is 9.59 Å². The molecule has 0 amide bonds. The van der Waals surface area contributed by atoms with Gasteiger partial charge in [-0.15, -0.1) is 23.4 Å². The summed E-state index contributed by atoms with van der Waals surface area (Å²) in [6.07, 6.45) is -2.44. The van der Waals surface area contributed by atoms with E-state index in [4.69, 9.17) is 30.5 Å². The molecular formula is C13H21ClO6S. The van der Waals surface area contributed by atoms with Crippen molar-refractivity contribution in [2.24, 2.45) is 0 Å². The number of carbonyl (C=O) groups excluding carboxylic acids is 2. The highest BCUT2D eigenvalue weighted by molar-refractivity contribution is 7.99. The number of alkyl halides is 1. The zero-order valence-corrected chi connectivity index (χ0v) is 14.1. The smallest absolute Gasteiger partial charge is 0.321 e. The van der Waals surface area contributed by atoms with Crippen LogP contribution in [0.15, 0.2) is 0 Å². The van der Waals surface area contributed by atoms with Crippen LogP contribution in [0.2, 0.25) is 0 Å². The number of hydrogen-bond donors (Lipinski definition) is 0. The second-order valence-corrected chi connectivity index (χ2v) is 6.17. The van der Waals surface area contributed by atoms with Crippen LogP contribution in [0.4, 0.5) is 0 Å². The minimum atomic E-state index is -0.752. The van der Waals surface area contributed by atoms with Crippen LogP contribution in [0, 0.1) is 0 Å². The van der Waals surface area contributed by atoms with Gasteiger partial charge >= 0.3 is 11.9 Å². The van der Waals surface area contributed by atoms with Gasteiger partial charge in [0.2, 0.25) is 0 Å². The van der Waals surface area contributed by atoms with Crippen molar-refractivity contribution in [3.8, 4) is 0 Å². The third-order valence-corrected chi connectivity index (χ3v) is 4.27. The van der Waals surface area contributed by atoms with Crippen LogP contribution in [0.1, 0.15) is 20.8 Å². The summed E-state index contributed by atoms with van der Waals surface area (Å²) < 4.78 is 21.8. The lowest BCUT2D eigenvalue weighted by Crippen LogP contribution is -2.59. The average molecular weight is 341 g/mol. The Hall–Kier alpha value is -0.500. The molecule has 6 nitrogen and oxygen atoms in total. The monoisotopic (exact) mass is 340 g/mol. The van der Waals surface area contributed by atoms with E-state index < -0.39 is 36.4 Å². The van der Waals surface area contributed by atoms with E-state index in [0.29, 0.717) is 0 Å². The first-order chi connectivity index (χ1) is 9.94. The molecule has 0 aromatic carbocycles. The van der Waals surface area contributed by atoms with Crippen LogP contribution in [0.3, 0.4) is 0 Å². The molecule has 0 bridgehead atoms. The lowest BCUT2D eigenvalue weighted by molar-refractivity contribution is -0.226. The molecule has 1 aliphatic heterocycles. The lowest BCUT2D eigenvalue weighted by atomic mass is 10.00. The molecule has 0 aromatic rings. The molecule has 122 valence electrons. The third kappa shape index (κ3) is 5.02. The van der Waals surface area contributed by atoms with Crippen molar-refractivity contribution in [3.05, 3.63) is 0 Å². The highest BCUT2D eigenvalue weighted by Gasteiger charge is 2.48. The number of halogens is 1. The Morgan fingerprint density at radius 2 is 1.90 bits per heavy atom. The van der Waals surface area contributed by atoms with Crippen molar-refractivity contribution < 1.29 is 28.5 Å². The third-order valence-electron chi connectivity index (χ3n) is 3.01. The van der Waals surface area contributed by atoms with Crippen molar-refractivity contribution in [3.63, 3.8) is 0 Å². The summed E-state index contributed by atoms with van der Waals surface area (Å²) in [7, 11) is 1.50. The van der Waals surface area contributed by atoms with E-state index in [1.165, 1.54) is 25.8 Å². The molecule has 0 saturated carbocycles. The average Bonchev–Trinajstić information content (AvgIpc) is 2.43. The van der Waals surface area contributed by atoms with Crippen molar-refractivity contribution >= 4 is 35.3 Å². The number of carbonyl (C=O) groups is 2. The molecule has 0 aliphatic carbocycles. The molecule has 21 heavy (non-hydrogen) atoms. The van der Waals surface area contributed by atoms with Crippen molar-refractivity contribution in [1.82, 2.24) is 0 Å². The fourth-order valence-corrected chi connectivity index (χ4v) is 3.29. The van der Waals surface area contributed by atoms with Crippen LogP contribution >= 0.6 is 23.4 Å². The van der Waals surface area contributed by atoms with Crippen molar-refractivity contribution in [2.45, 2.75) is 50.6 Å². The molecule has 0 N–H and O–H groups in total. The van der Waals surface area contributed by atoms with Gasteiger partial charge in [0.05, 0.1) is 6.10 Å². The summed E-state index contributed by atoms with van der Waals surface area (Å²) in [6, 6.07) is 0. The summed E-state index contributed by atoms with van der Waals surface area (Å²) in [5.41, 5.74) is -0.310. The molecule has 1 saturated heterocycles. The molecule has 0 spiro atoms. The minimum absolute atomic E-state index is 0.277. The Kier molecular flexibility index (Phi) is 7.79. The fourth-order valence-electron chi connectivity index (χ4n) is 2.19. The molecule has 8 heteroatoms.